The zero-order valence-corrected chi connectivity index (χ0v) is 15.3. The summed E-state index contributed by atoms with van der Waals surface area (Å²) in [6.45, 7) is 4.34. The van der Waals surface area contributed by atoms with Crippen LogP contribution in [0.2, 0.25) is 0 Å². The predicted octanol–water partition coefficient (Wildman–Crippen LogP) is 5.32. The van der Waals surface area contributed by atoms with Gasteiger partial charge in [-0.1, -0.05) is 50.3 Å². The lowest BCUT2D eigenvalue weighted by atomic mass is 9.82. The van der Waals surface area contributed by atoms with Gasteiger partial charge < -0.3 is 0 Å². The Labute approximate surface area is 143 Å². The Morgan fingerprint density at radius 2 is 1.82 bits per heavy atom. The molecular weight excluding hydrogens is 308 g/mol. The lowest BCUT2D eigenvalue weighted by Crippen LogP contribution is -2.24. The molecule has 0 spiro atoms. The number of rotatable bonds is 9. The second kappa shape index (κ2) is 8.83. The van der Waals surface area contributed by atoms with Gasteiger partial charge in [0, 0.05) is 11.0 Å². The Kier molecular flexibility index (Phi) is 7.10. The van der Waals surface area contributed by atoms with Gasteiger partial charge in [-0.25, -0.2) is 0 Å². The number of thioether (sulfide) groups is 2. The fourth-order valence-corrected chi connectivity index (χ4v) is 4.69. The number of benzene rings is 1. The molecule has 22 heavy (non-hydrogen) atoms. The third-order valence-corrected chi connectivity index (χ3v) is 6.27. The van der Waals surface area contributed by atoms with Crippen LogP contribution in [-0.2, 0) is 4.79 Å². The highest BCUT2D eigenvalue weighted by atomic mass is 32.2. The van der Waals surface area contributed by atoms with Crippen LogP contribution >= 0.6 is 23.5 Å². The molecule has 0 fully saturated rings. The third kappa shape index (κ3) is 4.66. The van der Waals surface area contributed by atoms with Gasteiger partial charge in [-0.3, -0.25) is 4.79 Å². The van der Waals surface area contributed by atoms with Gasteiger partial charge in [0.15, 0.2) is 5.78 Å². The maximum Gasteiger partial charge on any atom is 0.169 e. The van der Waals surface area contributed by atoms with Gasteiger partial charge in [0.05, 0.1) is 0 Å². The fraction of sp³-hybridized carbons (Fsp3) is 0.526. The Morgan fingerprint density at radius 1 is 1.09 bits per heavy atom. The van der Waals surface area contributed by atoms with Crippen molar-refractivity contribution in [2.45, 2.75) is 33.1 Å². The largest absolute Gasteiger partial charge is 0.294 e. The first kappa shape index (κ1) is 17.7. The van der Waals surface area contributed by atoms with Crippen molar-refractivity contribution in [3.8, 4) is 0 Å². The van der Waals surface area contributed by atoms with Gasteiger partial charge in [-0.2, -0.15) is 23.5 Å². The lowest BCUT2D eigenvalue weighted by Gasteiger charge is -2.22. The van der Waals surface area contributed by atoms with Gasteiger partial charge in [0.1, 0.15) is 0 Å². The molecule has 1 aliphatic carbocycles. The number of carbonyl (C=O) groups excluding carboxylic acids is 1. The van der Waals surface area contributed by atoms with Crippen molar-refractivity contribution >= 4 is 34.9 Å². The molecular formula is C19H26OS2. The van der Waals surface area contributed by atoms with E-state index in [4.69, 9.17) is 0 Å². The summed E-state index contributed by atoms with van der Waals surface area (Å²) < 4.78 is 0. The van der Waals surface area contributed by atoms with Crippen LogP contribution in [0, 0.1) is 5.41 Å². The van der Waals surface area contributed by atoms with Crippen LogP contribution in [0.1, 0.15) is 38.7 Å². The minimum absolute atomic E-state index is 0.184. The van der Waals surface area contributed by atoms with Gasteiger partial charge in [-0.15, -0.1) is 0 Å². The summed E-state index contributed by atoms with van der Waals surface area (Å²) in [5.41, 5.74) is 1.81. The van der Waals surface area contributed by atoms with Gasteiger partial charge in [0.2, 0.25) is 0 Å². The molecule has 1 aromatic carbocycles. The van der Waals surface area contributed by atoms with E-state index in [0.29, 0.717) is 5.78 Å². The highest BCUT2D eigenvalue weighted by molar-refractivity contribution is 8.00. The minimum atomic E-state index is -0.184. The van der Waals surface area contributed by atoms with E-state index in [1.54, 1.807) is 0 Å². The molecule has 0 saturated carbocycles. The van der Waals surface area contributed by atoms with E-state index in [1.165, 1.54) is 23.7 Å². The summed E-state index contributed by atoms with van der Waals surface area (Å²) in [5.74, 6) is 5.12. The second-order valence-electron chi connectivity index (χ2n) is 5.99. The van der Waals surface area contributed by atoms with Crippen LogP contribution in [0.5, 0.6) is 0 Å². The average Bonchev–Trinajstić information content (AvgIpc) is 2.83. The molecule has 0 amide bonds. The molecule has 1 atom stereocenters. The molecule has 0 heterocycles. The quantitative estimate of drug-likeness (QED) is 0.569. The van der Waals surface area contributed by atoms with Crippen molar-refractivity contribution in [3.05, 3.63) is 42.0 Å². The molecule has 0 radical (unpaired) electrons. The zero-order chi connectivity index (χ0) is 15.8. The van der Waals surface area contributed by atoms with Crippen molar-refractivity contribution in [3.63, 3.8) is 0 Å². The van der Waals surface area contributed by atoms with Gasteiger partial charge >= 0.3 is 0 Å². The van der Waals surface area contributed by atoms with Crippen LogP contribution in [0.15, 0.2) is 36.4 Å². The summed E-state index contributed by atoms with van der Waals surface area (Å²) in [6.07, 6.45) is 5.30. The lowest BCUT2D eigenvalue weighted by molar-refractivity contribution is -0.121. The highest BCUT2D eigenvalue weighted by Gasteiger charge is 2.38. The Hall–Kier alpha value is -0.670. The Balaban J connectivity index is 1.77. The maximum absolute atomic E-state index is 12.8. The molecule has 3 heteroatoms. The number of Topliss-reactive ketones (excluding diaryl/α,β-unsaturated/α-hetero) is 1. The van der Waals surface area contributed by atoms with E-state index in [9.17, 15) is 4.79 Å². The summed E-state index contributed by atoms with van der Waals surface area (Å²) in [4.78, 5) is 12.8. The smallest absolute Gasteiger partial charge is 0.169 e. The summed E-state index contributed by atoms with van der Waals surface area (Å²) in [6, 6.07) is 10.1. The Morgan fingerprint density at radius 3 is 2.55 bits per heavy atom. The number of hydrogen-bond donors (Lipinski definition) is 0. The van der Waals surface area contributed by atoms with E-state index >= 15 is 0 Å². The first-order chi connectivity index (χ1) is 10.7. The second-order valence-corrected chi connectivity index (χ2v) is 8.61. The van der Waals surface area contributed by atoms with Crippen LogP contribution < -0.4 is 0 Å². The fourth-order valence-electron chi connectivity index (χ4n) is 2.73. The van der Waals surface area contributed by atoms with Crippen LogP contribution in [0.25, 0.3) is 5.57 Å². The topological polar surface area (TPSA) is 17.1 Å². The molecule has 1 aromatic rings. The highest BCUT2D eigenvalue weighted by Crippen LogP contribution is 2.41. The number of hydrogen-bond acceptors (Lipinski definition) is 3. The van der Waals surface area contributed by atoms with Crippen molar-refractivity contribution in [1.29, 1.82) is 0 Å². The van der Waals surface area contributed by atoms with E-state index in [2.05, 4.69) is 19.9 Å². The summed E-state index contributed by atoms with van der Waals surface area (Å²) in [5, 5.41) is 0. The number of ketones is 1. The minimum Gasteiger partial charge on any atom is -0.294 e. The van der Waals surface area contributed by atoms with Crippen molar-refractivity contribution in [1.82, 2.24) is 0 Å². The molecule has 120 valence electrons. The first-order valence-electron chi connectivity index (χ1n) is 8.13. The zero-order valence-electron chi connectivity index (χ0n) is 13.6. The van der Waals surface area contributed by atoms with Crippen LogP contribution in [-0.4, -0.2) is 28.8 Å². The van der Waals surface area contributed by atoms with Crippen molar-refractivity contribution < 1.29 is 4.79 Å². The summed E-state index contributed by atoms with van der Waals surface area (Å²) >= 11 is 4.01. The molecule has 2 rings (SSSR count). The van der Waals surface area contributed by atoms with Crippen LogP contribution in [0.3, 0.4) is 0 Å². The van der Waals surface area contributed by atoms with E-state index in [1.807, 2.05) is 53.9 Å². The maximum atomic E-state index is 12.8. The van der Waals surface area contributed by atoms with E-state index in [-0.39, 0.29) is 5.41 Å². The van der Waals surface area contributed by atoms with Crippen LogP contribution in [0.4, 0.5) is 0 Å². The number of allylic oxidation sites excluding steroid dienone is 2. The standard InChI is InChI=1S/C19H26OS2/c1-3-21-13-7-14-22-15-12-19(2)11-10-17(18(19)20)16-8-5-4-6-9-16/h4-6,8-10H,3,7,11-15H2,1-2H3. The third-order valence-electron chi connectivity index (χ3n) is 4.21. The predicted molar refractivity (Wildman–Crippen MR) is 102 cm³/mol. The molecule has 0 N–H and O–H groups in total. The van der Waals surface area contributed by atoms with Crippen molar-refractivity contribution in [2.75, 3.05) is 23.0 Å². The molecule has 0 aromatic heterocycles. The molecule has 1 aliphatic rings. The molecule has 1 unspecified atom stereocenters. The molecule has 0 bridgehead atoms. The molecule has 0 aliphatic heterocycles. The van der Waals surface area contributed by atoms with E-state index in [0.717, 1.165) is 29.7 Å². The van der Waals surface area contributed by atoms with E-state index < -0.39 is 0 Å². The first-order valence-corrected chi connectivity index (χ1v) is 10.4. The summed E-state index contributed by atoms with van der Waals surface area (Å²) in [7, 11) is 0. The SMILES string of the molecule is CCSCCCSCCC1(C)CC=C(c2ccccc2)C1=O. The molecule has 1 nitrogen and oxygen atoms in total. The van der Waals surface area contributed by atoms with Crippen molar-refractivity contribution in [2.24, 2.45) is 5.41 Å². The molecule has 0 saturated heterocycles. The Bertz CT molecular complexity index is 509. The number of carbonyl (C=O) groups is 1. The monoisotopic (exact) mass is 334 g/mol. The van der Waals surface area contributed by atoms with Gasteiger partial charge in [0.25, 0.3) is 0 Å². The van der Waals surface area contributed by atoms with Gasteiger partial charge in [-0.05, 0) is 47.8 Å². The average molecular weight is 335 g/mol. The normalized spacial score (nSPS) is 21.2.